The number of aromatic nitrogens is 3. The van der Waals surface area contributed by atoms with E-state index in [2.05, 4.69) is 27.4 Å². The van der Waals surface area contributed by atoms with E-state index in [0.29, 0.717) is 16.5 Å². The number of rotatable bonds is 7. The van der Waals surface area contributed by atoms with Crippen LogP contribution in [0.5, 0.6) is 0 Å². The van der Waals surface area contributed by atoms with Crippen LogP contribution in [0, 0.1) is 5.82 Å². The number of hydrogen-bond acceptors (Lipinski definition) is 5. The minimum Gasteiger partial charge on any atom is -0.334 e. The molecule has 1 aromatic heterocycles. The molecular formula is C17H18FN5O2S. The second-order valence-electron chi connectivity index (χ2n) is 5.72. The molecule has 0 bridgehead atoms. The van der Waals surface area contributed by atoms with Crippen molar-refractivity contribution in [2.45, 2.75) is 24.0 Å². The summed E-state index contributed by atoms with van der Waals surface area (Å²) >= 11 is 1.17. The number of halogens is 1. The highest BCUT2D eigenvalue weighted by molar-refractivity contribution is 7.99. The van der Waals surface area contributed by atoms with Crippen molar-refractivity contribution in [3.63, 3.8) is 0 Å². The Balaban J connectivity index is 1.69. The predicted octanol–water partition coefficient (Wildman–Crippen LogP) is 2.52. The molecule has 0 spiro atoms. The first-order valence-corrected chi connectivity index (χ1v) is 9.10. The summed E-state index contributed by atoms with van der Waals surface area (Å²) in [5, 5.41) is 13.4. The van der Waals surface area contributed by atoms with Gasteiger partial charge in [0.2, 0.25) is 5.91 Å². The minimum absolute atomic E-state index is 0.00361. The third-order valence-corrected chi connectivity index (χ3v) is 4.63. The van der Waals surface area contributed by atoms with Crippen LogP contribution < -0.4 is 10.6 Å². The van der Waals surface area contributed by atoms with E-state index < -0.39 is 11.9 Å². The van der Waals surface area contributed by atoms with Crippen molar-refractivity contribution in [3.8, 4) is 11.4 Å². The number of hydrogen-bond donors (Lipinski definition) is 2. The maximum Gasteiger partial charge on any atom is 0.321 e. The van der Waals surface area contributed by atoms with Crippen LogP contribution in [0.3, 0.4) is 0 Å². The number of urea groups is 1. The lowest BCUT2D eigenvalue weighted by Crippen LogP contribution is -2.40. The molecule has 3 rings (SSSR count). The van der Waals surface area contributed by atoms with Gasteiger partial charge < -0.3 is 5.32 Å². The van der Waals surface area contributed by atoms with Gasteiger partial charge >= 0.3 is 6.03 Å². The first kappa shape index (κ1) is 18.1. The van der Waals surface area contributed by atoms with Crippen molar-refractivity contribution in [2.75, 3.05) is 12.3 Å². The average Bonchev–Trinajstić information content (AvgIpc) is 3.38. The summed E-state index contributed by atoms with van der Waals surface area (Å²) < 4.78 is 16.0. The molecule has 1 aliphatic carbocycles. The molecule has 1 heterocycles. The average molecular weight is 375 g/mol. The third-order valence-electron chi connectivity index (χ3n) is 3.68. The van der Waals surface area contributed by atoms with Crippen LogP contribution in [-0.4, -0.2) is 39.0 Å². The number of nitrogens with one attached hydrogen (secondary N) is 2. The third kappa shape index (κ3) is 4.29. The zero-order valence-electron chi connectivity index (χ0n) is 13.9. The SMILES string of the molecule is C=CCNC(=O)NC(=O)CSc1nnc(-c2ccccc2F)n1C1CC1. The Labute approximate surface area is 154 Å². The number of amides is 3. The van der Waals surface area contributed by atoms with Gasteiger partial charge in [-0.3, -0.25) is 14.7 Å². The molecule has 1 aliphatic rings. The van der Waals surface area contributed by atoms with Gasteiger partial charge in [0.25, 0.3) is 0 Å². The highest BCUT2D eigenvalue weighted by Gasteiger charge is 2.31. The Kier molecular flexibility index (Phi) is 5.67. The van der Waals surface area contributed by atoms with E-state index >= 15 is 0 Å². The second kappa shape index (κ2) is 8.13. The highest BCUT2D eigenvalue weighted by Crippen LogP contribution is 2.41. The Morgan fingerprint density at radius 3 is 2.81 bits per heavy atom. The first-order valence-electron chi connectivity index (χ1n) is 8.11. The summed E-state index contributed by atoms with van der Waals surface area (Å²) in [6, 6.07) is 6.03. The number of carbonyl (C=O) groups excluding carboxylic acids is 2. The molecule has 136 valence electrons. The predicted molar refractivity (Wildman–Crippen MR) is 96.1 cm³/mol. The normalized spacial score (nSPS) is 13.3. The van der Waals surface area contributed by atoms with Gasteiger partial charge in [0.15, 0.2) is 11.0 Å². The van der Waals surface area contributed by atoms with Crippen molar-refractivity contribution >= 4 is 23.7 Å². The molecular weight excluding hydrogens is 357 g/mol. The molecule has 3 amide bonds. The van der Waals surface area contributed by atoms with Gasteiger partial charge in [-0.1, -0.05) is 30.0 Å². The van der Waals surface area contributed by atoms with Crippen LogP contribution >= 0.6 is 11.8 Å². The summed E-state index contributed by atoms with van der Waals surface area (Å²) in [4.78, 5) is 23.3. The van der Waals surface area contributed by atoms with E-state index in [1.54, 1.807) is 18.2 Å². The molecule has 9 heteroatoms. The van der Waals surface area contributed by atoms with E-state index in [1.165, 1.54) is 23.9 Å². The molecule has 0 radical (unpaired) electrons. The maximum atomic E-state index is 14.1. The number of carbonyl (C=O) groups is 2. The minimum atomic E-state index is -0.578. The lowest BCUT2D eigenvalue weighted by molar-refractivity contribution is -0.117. The van der Waals surface area contributed by atoms with E-state index in [1.807, 2.05) is 4.57 Å². The smallest absolute Gasteiger partial charge is 0.321 e. The summed E-state index contributed by atoms with van der Waals surface area (Å²) in [5.41, 5.74) is 0.381. The van der Waals surface area contributed by atoms with E-state index in [0.717, 1.165) is 12.8 Å². The monoisotopic (exact) mass is 375 g/mol. The molecule has 2 N–H and O–H groups in total. The molecule has 2 aromatic rings. The molecule has 1 fully saturated rings. The Morgan fingerprint density at radius 2 is 2.12 bits per heavy atom. The van der Waals surface area contributed by atoms with Gasteiger partial charge in [0.05, 0.1) is 11.3 Å². The van der Waals surface area contributed by atoms with Crippen LogP contribution in [0.4, 0.5) is 9.18 Å². The van der Waals surface area contributed by atoms with Gasteiger partial charge in [0.1, 0.15) is 5.82 Å². The first-order chi connectivity index (χ1) is 12.6. The van der Waals surface area contributed by atoms with Crippen LogP contribution in [0.2, 0.25) is 0 Å². The quantitative estimate of drug-likeness (QED) is 0.573. The van der Waals surface area contributed by atoms with Gasteiger partial charge in [-0.15, -0.1) is 16.8 Å². The molecule has 1 saturated carbocycles. The molecule has 0 atom stereocenters. The van der Waals surface area contributed by atoms with Crippen LogP contribution in [-0.2, 0) is 4.79 Å². The zero-order chi connectivity index (χ0) is 18.5. The van der Waals surface area contributed by atoms with Gasteiger partial charge in [-0.25, -0.2) is 9.18 Å². The van der Waals surface area contributed by atoms with Crippen molar-refractivity contribution in [2.24, 2.45) is 0 Å². The zero-order valence-corrected chi connectivity index (χ0v) is 14.8. The fraction of sp³-hybridized carbons (Fsp3) is 0.294. The lowest BCUT2D eigenvalue weighted by atomic mass is 10.2. The largest absolute Gasteiger partial charge is 0.334 e. The van der Waals surface area contributed by atoms with Crippen molar-refractivity contribution in [1.82, 2.24) is 25.4 Å². The van der Waals surface area contributed by atoms with Gasteiger partial charge in [-0.2, -0.15) is 0 Å². The van der Waals surface area contributed by atoms with Crippen LogP contribution in [0.15, 0.2) is 42.1 Å². The van der Waals surface area contributed by atoms with Gasteiger partial charge in [-0.05, 0) is 25.0 Å². The topological polar surface area (TPSA) is 88.9 Å². The fourth-order valence-electron chi connectivity index (χ4n) is 2.37. The lowest BCUT2D eigenvalue weighted by Gasteiger charge is -2.09. The molecule has 0 saturated heterocycles. The van der Waals surface area contributed by atoms with Crippen molar-refractivity contribution in [3.05, 3.63) is 42.7 Å². The molecule has 26 heavy (non-hydrogen) atoms. The standard InChI is InChI=1S/C17H18FN5O2S/c1-2-9-19-16(25)20-14(24)10-26-17-22-21-15(23(17)11-7-8-11)12-5-3-4-6-13(12)18/h2-6,11H,1,7-10H2,(H2,19,20,24,25). The van der Waals surface area contributed by atoms with Crippen molar-refractivity contribution < 1.29 is 14.0 Å². The number of nitrogens with zero attached hydrogens (tertiary/aromatic N) is 3. The summed E-state index contributed by atoms with van der Waals surface area (Å²) in [7, 11) is 0. The number of thioether (sulfide) groups is 1. The van der Waals surface area contributed by atoms with Gasteiger partial charge in [0, 0.05) is 12.6 Å². The van der Waals surface area contributed by atoms with E-state index in [4.69, 9.17) is 0 Å². The van der Waals surface area contributed by atoms with E-state index in [-0.39, 0.29) is 24.2 Å². The summed E-state index contributed by atoms with van der Waals surface area (Å²) in [6.07, 6.45) is 3.44. The van der Waals surface area contributed by atoms with Crippen molar-refractivity contribution in [1.29, 1.82) is 0 Å². The number of benzene rings is 1. The molecule has 0 unspecified atom stereocenters. The second-order valence-corrected chi connectivity index (χ2v) is 6.67. The summed E-state index contributed by atoms with van der Waals surface area (Å²) in [6.45, 7) is 3.75. The molecule has 7 nitrogen and oxygen atoms in total. The highest BCUT2D eigenvalue weighted by atomic mass is 32.2. The maximum absolute atomic E-state index is 14.1. The fourth-order valence-corrected chi connectivity index (χ4v) is 3.17. The van der Waals surface area contributed by atoms with Crippen LogP contribution in [0.25, 0.3) is 11.4 Å². The molecule has 1 aromatic carbocycles. The number of imide groups is 1. The van der Waals surface area contributed by atoms with Crippen LogP contribution in [0.1, 0.15) is 18.9 Å². The Hall–Kier alpha value is -2.68. The Morgan fingerprint density at radius 1 is 1.35 bits per heavy atom. The Bertz CT molecular complexity index is 834. The van der Waals surface area contributed by atoms with E-state index in [9.17, 15) is 14.0 Å². The molecule has 0 aliphatic heterocycles. The summed E-state index contributed by atoms with van der Waals surface area (Å²) in [5.74, 6) is -0.356.